The molecule has 0 radical (unpaired) electrons. The van der Waals surface area contributed by atoms with Crippen LogP contribution < -0.4 is 10.0 Å². The number of carbonyl (C=O) groups excluding carboxylic acids is 1. The van der Waals surface area contributed by atoms with Gasteiger partial charge < -0.3 is 9.72 Å². The minimum absolute atomic E-state index is 0.0662. The van der Waals surface area contributed by atoms with E-state index in [1.807, 2.05) is 54.2 Å². The number of hydrogen-bond donors (Lipinski definition) is 2. The highest BCUT2D eigenvalue weighted by Gasteiger charge is 2.23. The minimum Gasteiger partial charge on any atom is -0.325 e. The molecule has 160 valence electrons. The molecule has 0 saturated heterocycles. The maximum absolute atomic E-state index is 12.7. The summed E-state index contributed by atoms with van der Waals surface area (Å²) in [5, 5.41) is 2.81. The predicted molar refractivity (Wildman–Crippen MR) is 123 cm³/mol. The highest BCUT2D eigenvalue weighted by Crippen LogP contribution is 2.22. The summed E-state index contributed by atoms with van der Waals surface area (Å²) in [5.74, 6) is 0.247. The largest absolute Gasteiger partial charge is 0.325 e. The van der Waals surface area contributed by atoms with Crippen LogP contribution in [0.1, 0.15) is 18.9 Å². The Kier molecular flexibility index (Phi) is 7.17. The smallest absolute Gasteiger partial charge is 0.242 e. The molecule has 1 atom stereocenters. The topological polar surface area (TPSA) is 92.6 Å². The number of aromatic nitrogens is 2. The number of aryl methyl sites for hydroxylation is 1. The van der Waals surface area contributed by atoms with Crippen LogP contribution in [0.4, 0.5) is 5.69 Å². The minimum atomic E-state index is -3.48. The maximum atomic E-state index is 12.7. The van der Waals surface area contributed by atoms with E-state index in [0.29, 0.717) is 17.9 Å². The van der Waals surface area contributed by atoms with E-state index >= 15 is 0 Å². The molecule has 1 aromatic carbocycles. The number of rotatable bonds is 9. The fourth-order valence-electron chi connectivity index (χ4n) is 3.03. The van der Waals surface area contributed by atoms with E-state index in [2.05, 4.69) is 15.0 Å². The van der Waals surface area contributed by atoms with Crippen molar-refractivity contribution in [3.05, 3.63) is 54.4 Å². The van der Waals surface area contributed by atoms with Crippen molar-refractivity contribution in [1.82, 2.24) is 14.1 Å². The molecule has 1 amide bonds. The van der Waals surface area contributed by atoms with Crippen molar-refractivity contribution in [3.8, 4) is 11.3 Å². The molecule has 0 bridgehead atoms. The van der Waals surface area contributed by atoms with Crippen molar-refractivity contribution >= 4 is 39.0 Å². The fourth-order valence-corrected chi connectivity index (χ4v) is 4.32. The molecule has 3 rings (SSSR count). The van der Waals surface area contributed by atoms with E-state index in [1.54, 1.807) is 30.8 Å². The van der Waals surface area contributed by atoms with Crippen LogP contribution in [0.25, 0.3) is 16.9 Å². The molecule has 1 unspecified atom stereocenters. The number of thioether (sulfide) groups is 1. The molecule has 0 aliphatic carbocycles. The van der Waals surface area contributed by atoms with Crippen LogP contribution in [0.15, 0.2) is 48.8 Å². The first-order valence-corrected chi connectivity index (χ1v) is 12.7. The molecule has 9 heteroatoms. The maximum Gasteiger partial charge on any atom is 0.242 e. The highest BCUT2D eigenvalue weighted by molar-refractivity contribution is 7.98. The number of nitrogens with one attached hydrogen (secondary N) is 2. The third kappa shape index (κ3) is 5.41. The van der Waals surface area contributed by atoms with E-state index in [1.165, 1.54) is 0 Å². The van der Waals surface area contributed by atoms with Gasteiger partial charge in [0.05, 0.1) is 11.4 Å². The standard InChI is InChI=1S/C21H26N4O3S2/c1-4-30(27,28)24-18(11-13-29-3)21(26)22-17-9-7-16(8-10-17)19-14-25-12-5-6-15(2)20(25)23-19/h5-10,12,14,18,24H,4,11,13H2,1-3H3,(H,22,26). The molecule has 0 fully saturated rings. The number of sulfonamides is 1. The highest BCUT2D eigenvalue weighted by atomic mass is 32.2. The predicted octanol–water partition coefficient (Wildman–Crippen LogP) is 3.31. The number of imidazole rings is 1. The van der Waals surface area contributed by atoms with Crippen molar-refractivity contribution in [2.75, 3.05) is 23.1 Å². The lowest BCUT2D eigenvalue weighted by Gasteiger charge is -2.17. The molecule has 2 aromatic heterocycles. The van der Waals surface area contributed by atoms with Crippen LogP contribution in [0.2, 0.25) is 0 Å². The second kappa shape index (κ2) is 9.63. The summed E-state index contributed by atoms with van der Waals surface area (Å²) in [5.41, 5.74) is 4.38. The van der Waals surface area contributed by atoms with Gasteiger partial charge >= 0.3 is 0 Å². The van der Waals surface area contributed by atoms with E-state index in [4.69, 9.17) is 0 Å². The second-order valence-electron chi connectivity index (χ2n) is 6.97. The van der Waals surface area contributed by atoms with Crippen molar-refractivity contribution in [3.63, 3.8) is 0 Å². The molecule has 3 aromatic rings. The average Bonchev–Trinajstić information content (AvgIpc) is 3.17. The monoisotopic (exact) mass is 446 g/mol. The Hall–Kier alpha value is -2.36. The van der Waals surface area contributed by atoms with E-state index in [-0.39, 0.29) is 11.7 Å². The summed E-state index contributed by atoms with van der Waals surface area (Å²) in [6.07, 6.45) is 6.27. The summed E-state index contributed by atoms with van der Waals surface area (Å²) in [7, 11) is -3.48. The van der Waals surface area contributed by atoms with Crippen LogP contribution in [0.5, 0.6) is 0 Å². The van der Waals surface area contributed by atoms with Gasteiger partial charge in [-0.3, -0.25) is 4.79 Å². The molecule has 7 nitrogen and oxygen atoms in total. The van der Waals surface area contributed by atoms with Crippen LogP contribution in [-0.4, -0.2) is 47.5 Å². The summed E-state index contributed by atoms with van der Waals surface area (Å²) in [6.45, 7) is 3.57. The zero-order chi connectivity index (χ0) is 21.7. The molecule has 0 saturated carbocycles. The Bertz CT molecular complexity index is 1120. The molecule has 0 aliphatic rings. The zero-order valence-corrected chi connectivity index (χ0v) is 18.9. The van der Waals surface area contributed by atoms with Crippen molar-refractivity contribution in [2.45, 2.75) is 26.3 Å². The molecule has 30 heavy (non-hydrogen) atoms. The lowest BCUT2D eigenvalue weighted by atomic mass is 10.1. The molecule has 0 aliphatic heterocycles. The summed E-state index contributed by atoms with van der Waals surface area (Å²) in [4.78, 5) is 17.3. The van der Waals surface area contributed by atoms with Crippen LogP contribution in [0, 0.1) is 6.92 Å². The van der Waals surface area contributed by atoms with Crippen molar-refractivity contribution in [1.29, 1.82) is 0 Å². The Balaban J connectivity index is 1.74. The van der Waals surface area contributed by atoms with Gasteiger partial charge in [-0.15, -0.1) is 0 Å². The van der Waals surface area contributed by atoms with Crippen molar-refractivity contribution in [2.24, 2.45) is 0 Å². The second-order valence-corrected chi connectivity index (χ2v) is 10.00. The molecule has 0 spiro atoms. The number of pyridine rings is 1. The van der Waals surface area contributed by atoms with Gasteiger partial charge in [0.2, 0.25) is 15.9 Å². The van der Waals surface area contributed by atoms with E-state index < -0.39 is 16.1 Å². The number of benzene rings is 1. The summed E-state index contributed by atoms with van der Waals surface area (Å²) >= 11 is 1.57. The Labute approximate surface area is 181 Å². The van der Waals surface area contributed by atoms with E-state index in [0.717, 1.165) is 22.5 Å². The van der Waals surface area contributed by atoms with Gasteiger partial charge in [-0.1, -0.05) is 18.2 Å². The lowest BCUT2D eigenvalue weighted by molar-refractivity contribution is -0.117. The quantitative estimate of drug-likeness (QED) is 0.526. The Morgan fingerprint density at radius 1 is 1.23 bits per heavy atom. The third-order valence-electron chi connectivity index (χ3n) is 4.76. The number of fused-ring (bicyclic) bond motifs is 1. The van der Waals surface area contributed by atoms with Crippen LogP contribution in [0.3, 0.4) is 0 Å². The summed E-state index contributed by atoms with van der Waals surface area (Å²) in [6, 6.07) is 10.6. The SMILES string of the molecule is CCS(=O)(=O)NC(CCSC)C(=O)Nc1ccc(-c2cn3cccc(C)c3n2)cc1. The third-order valence-corrected chi connectivity index (χ3v) is 6.80. The first-order valence-electron chi connectivity index (χ1n) is 9.67. The number of carbonyl (C=O) groups is 1. The first-order chi connectivity index (χ1) is 14.3. The zero-order valence-electron chi connectivity index (χ0n) is 17.3. The average molecular weight is 447 g/mol. The fraction of sp³-hybridized carbons (Fsp3) is 0.333. The molecular formula is C21H26N4O3S2. The van der Waals surface area contributed by atoms with Gasteiger partial charge in [0.15, 0.2) is 0 Å². The molecule has 2 N–H and O–H groups in total. The lowest BCUT2D eigenvalue weighted by Crippen LogP contribution is -2.44. The van der Waals surface area contributed by atoms with Crippen LogP contribution in [-0.2, 0) is 14.8 Å². The van der Waals surface area contributed by atoms with E-state index in [9.17, 15) is 13.2 Å². The number of nitrogens with zero attached hydrogens (tertiary/aromatic N) is 2. The first kappa shape index (κ1) is 22.3. The molecular weight excluding hydrogens is 420 g/mol. The number of amides is 1. The van der Waals surface area contributed by atoms with Gasteiger partial charge in [0.25, 0.3) is 0 Å². The number of hydrogen-bond acceptors (Lipinski definition) is 5. The molecule has 2 heterocycles. The normalized spacial score (nSPS) is 12.8. The van der Waals surface area contributed by atoms with Gasteiger partial charge in [-0.25, -0.2) is 18.1 Å². The van der Waals surface area contributed by atoms with Gasteiger partial charge in [0, 0.05) is 23.6 Å². The van der Waals surface area contributed by atoms with Crippen LogP contribution >= 0.6 is 11.8 Å². The van der Waals surface area contributed by atoms with Crippen molar-refractivity contribution < 1.29 is 13.2 Å². The summed E-state index contributed by atoms with van der Waals surface area (Å²) < 4.78 is 28.3. The Morgan fingerprint density at radius 2 is 1.97 bits per heavy atom. The van der Waals surface area contributed by atoms with Gasteiger partial charge in [0.1, 0.15) is 11.7 Å². The van der Waals surface area contributed by atoms with Gasteiger partial charge in [-0.05, 0) is 56.0 Å². The Morgan fingerprint density at radius 3 is 2.60 bits per heavy atom. The number of anilines is 1. The van der Waals surface area contributed by atoms with Gasteiger partial charge in [-0.2, -0.15) is 11.8 Å².